The molecule has 2 aromatic carbocycles. The molecule has 160 valence electrons. The highest BCUT2D eigenvalue weighted by Gasteiger charge is 2.23. The van der Waals surface area contributed by atoms with Gasteiger partial charge in [0.1, 0.15) is 0 Å². The molecule has 1 amide bonds. The molecule has 7 heteroatoms. The second-order valence-corrected chi connectivity index (χ2v) is 7.78. The van der Waals surface area contributed by atoms with Gasteiger partial charge in [-0.3, -0.25) is 9.79 Å². The number of carbonyl (C=O) groups is 1. The Hall–Kier alpha value is -2.73. The monoisotopic (exact) mass is 427 g/mol. The van der Waals surface area contributed by atoms with Gasteiger partial charge in [0.2, 0.25) is 0 Å². The van der Waals surface area contributed by atoms with Crippen molar-refractivity contribution >= 4 is 29.2 Å². The van der Waals surface area contributed by atoms with E-state index in [2.05, 4.69) is 33.8 Å². The van der Waals surface area contributed by atoms with Gasteiger partial charge in [-0.2, -0.15) is 0 Å². The van der Waals surface area contributed by atoms with Gasteiger partial charge in [0.05, 0.1) is 0 Å². The molecular formula is C23H30ClN5O. The minimum atomic E-state index is -0.0687. The summed E-state index contributed by atoms with van der Waals surface area (Å²) in [5.74, 6) is 0.763. The highest BCUT2D eigenvalue weighted by atomic mass is 35.5. The Morgan fingerprint density at radius 1 is 1.23 bits per heavy atom. The van der Waals surface area contributed by atoms with E-state index in [0.29, 0.717) is 18.2 Å². The molecule has 0 aromatic heterocycles. The van der Waals surface area contributed by atoms with E-state index in [9.17, 15) is 4.79 Å². The van der Waals surface area contributed by atoms with E-state index in [1.54, 1.807) is 7.05 Å². The summed E-state index contributed by atoms with van der Waals surface area (Å²) in [7, 11) is 1.64. The summed E-state index contributed by atoms with van der Waals surface area (Å²) in [5, 5.41) is 10.3. The van der Waals surface area contributed by atoms with E-state index in [-0.39, 0.29) is 5.91 Å². The van der Waals surface area contributed by atoms with Crippen LogP contribution in [0, 0.1) is 0 Å². The van der Waals surface area contributed by atoms with Crippen LogP contribution in [0.3, 0.4) is 0 Å². The maximum Gasteiger partial charge on any atom is 0.251 e. The van der Waals surface area contributed by atoms with Gasteiger partial charge < -0.3 is 20.9 Å². The van der Waals surface area contributed by atoms with Gasteiger partial charge in [0, 0.05) is 55.5 Å². The van der Waals surface area contributed by atoms with Crippen molar-refractivity contribution in [1.82, 2.24) is 16.0 Å². The molecule has 1 heterocycles. The topological polar surface area (TPSA) is 68.8 Å². The number of hydrogen-bond donors (Lipinski definition) is 3. The summed E-state index contributed by atoms with van der Waals surface area (Å²) < 4.78 is 0. The average molecular weight is 428 g/mol. The van der Waals surface area contributed by atoms with Crippen LogP contribution in [0.15, 0.2) is 53.5 Å². The molecule has 3 N–H and O–H groups in total. The summed E-state index contributed by atoms with van der Waals surface area (Å²) in [6.07, 6.45) is 1.83. The number of guanidine groups is 1. The fourth-order valence-corrected chi connectivity index (χ4v) is 3.79. The van der Waals surface area contributed by atoms with Crippen molar-refractivity contribution in [2.75, 3.05) is 38.1 Å². The molecule has 1 saturated heterocycles. The van der Waals surface area contributed by atoms with Crippen molar-refractivity contribution in [3.05, 3.63) is 64.7 Å². The highest BCUT2D eigenvalue weighted by Crippen LogP contribution is 2.23. The van der Waals surface area contributed by atoms with E-state index in [0.717, 1.165) is 54.7 Å². The summed E-state index contributed by atoms with van der Waals surface area (Å²) in [5.41, 5.74) is 2.93. The molecule has 30 heavy (non-hydrogen) atoms. The highest BCUT2D eigenvalue weighted by molar-refractivity contribution is 6.30. The Labute approximate surface area is 183 Å². The van der Waals surface area contributed by atoms with Gasteiger partial charge in [-0.05, 0) is 55.7 Å². The third-order valence-corrected chi connectivity index (χ3v) is 5.37. The first-order valence-electron chi connectivity index (χ1n) is 10.5. The third-order valence-electron chi connectivity index (χ3n) is 5.13. The minimum absolute atomic E-state index is 0.0687. The summed E-state index contributed by atoms with van der Waals surface area (Å²) in [6.45, 7) is 5.43. The minimum Gasteiger partial charge on any atom is -0.369 e. The number of nitrogens with zero attached hydrogens (tertiary/aromatic N) is 2. The van der Waals surface area contributed by atoms with Crippen molar-refractivity contribution in [1.29, 1.82) is 0 Å². The Bertz CT molecular complexity index is 885. The first-order chi connectivity index (χ1) is 14.6. The predicted octanol–water partition coefficient (Wildman–Crippen LogP) is 3.08. The lowest BCUT2D eigenvalue weighted by Crippen LogP contribution is -2.44. The lowest BCUT2D eigenvalue weighted by molar-refractivity contribution is 0.0963. The van der Waals surface area contributed by atoms with Crippen molar-refractivity contribution < 1.29 is 4.79 Å². The molecule has 3 rings (SSSR count). The zero-order chi connectivity index (χ0) is 21.3. The number of hydrogen-bond acceptors (Lipinski definition) is 3. The maximum absolute atomic E-state index is 11.8. The summed E-state index contributed by atoms with van der Waals surface area (Å²) in [6, 6.07) is 16.0. The van der Waals surface area contributed by atoms with Crippen LogP contribution in [-0.2, 0) is 6.42 Å². The number of halogens is 1. The molecule has 1 unspecified atom stereocenters. The van der Waals surface area contributed by atoms with Gasteiger partial charge in [0.15, 0.2) is 5.96 Å². The largest absolute Gasteiger partial charge is 0.369 e. The molecule has 2 aromatic rings. The fraction of sp³-hybridized carbons (Fsp3) is 0.391. The molecule has 0 saturated carbocycles. The van der Waals surface area contributed by atoms with Gasteiger partial charge in [-0.1, -0.05) is 29.8 Å². The van der Waals surface area contributed by atoms with Gasteiger partial charge in [-0.15, -0.1) is 0 Å². The van der Waals surface area contributed by atoms with Crippen LogP contribution in [0.1, 0.15) is 29.3 Å². The van der Waals surface area contributed by atoms with E-state index >= 15 is 0 Å². The molecule has 0 aliphatic carbocycles. The number of carbonyl (C=O) groups excluding carboxylic acids is 1. The SMILES string of the molecule is CCNC(=NCCc1cccc(C(=O)NC)c1)NC1CCN(c2cccc(Cl)c2)C1. The number of amides is 1. The molecule has 6 nitrogen and oxygen atoms in total. The van der Waals surface area contributed by atoms with Gasteiger partial charge >= 0.3 is 0 Å². The molecule has 0 bridgehead atoms. The van der Waals surface area contributed by atoms with Crippen LogP contribution in [0.5, 0.6) is 0 Å². The van der Waals surface area contributed by atoms with Crippen LogP contribution in [0.25, 0.3) is 0 Å². The summed E-state index contributed by atoms with van der Waals surface area (Å²) in [4.78, 5) is 18.9. The van der Waals surface area contributed by atoms with E-state index in [1.165, 1.54) is 0 Å². The molecule has 0 spiro atoms. The van der Waals surface area contributed by atoms with Crippen LogP contribution >= 0.6 is 11.6 Å². The Morgan fingerprint density at radius 3 is 2.83 bits per heavy atom. The second-order valence-electron chi connectivity index (χ2n) is 7.35. The van der Waals surface area contributed by atoms with Gasteiger partial charge in [-0.25, -0.2) is 0 Å². The van der Waals surface area contributed by atoms with Crippen molar-refractivity contribution in [3.8, 4) is 0 Å². The fourth-order valence-electron chi connectivity index (χ4n) is 3.61. The quantitative estimate of drug-likeness (QED) is 0.469. The van der Waals surface area contributed by atoms with Crippen molar-refractivity contribution in [2.45, 2.75) is 25.8 Å². The first kappa shape index (κ1) is 22.0. The standard InChI is InChI=1S/C23H30ClN5O/c1-3-26-23(27-12-10-17-6-4-7-18(14-17)22(30)25-2)28-20-11-13-29(16-20)21-9-5-8-19(24)15-21/h4-9,14-15,20H,3,10-13,16H2,1-2H3,(H,25,30)(H2,26,27,28). The van der Waals surface area contributed by atoms with E-state index in [4.69, 9.17) is 16.6 Å². The predicted molar refractivity (Wildman–Crippen MR) is 125 cm³/mol. The lowest BCUT2D eigenvalue weighted by atomic mass is 10.1. The van der Waals surface area contributed by atoms with E-state index < -0.39 is 0 Å². The van der Waals surface area contributed by atoms with Crippen molar-refractivity contribution in [2.24, 2.45) is 4.99 Å². The Kier molecular flexibility index (Phi) is 7.97. The molecule has 1 fully saturated rings. The number of benzene rings is 2. The number of anilines is 1. The van der Waals surface area contributed by atoms with Gasteiger partial charge in [0.25, 0.3) is 5.91 Å². The normalized spacial score (nSPS) is 16.4. The number of nitrogens with one attached hydrogen (secondary N) is 3. The molecule has 0 radical (unpaired) electrons. The van der Waals surface area contributed by atoms with Crippen LogP contribution in [0.4, 0.5) is 5.69 Å². The average Bonchev–Trinajstić information content (AvgIpc) is 3.22. The van der Waals surface area contributed by atoms with Crippen LogP contribution in [-0.4, -0.2) is 51.1 Å². The van der Waals surface area contributed by atoms with Crippen LogP contribution in [0.2, 0.25) is 5.02 Å². The first-order valence-corrected chi connectivity index (χ1v) is 10.8. The summed E-state index contributed by atoms with van der Waals surface area (Å²) >= 11 is 6.13. The Balaban J connectivity index is 1.55. The molecule has 1 aliphatic heterocycles. The smallest absolute Gasteiger partial charge is 0.251 e. The molecule has 1 aliphatic rings. The van der Waals surface area contributed by atoms with E-state index in [1.807, 2.05) is 42.5 Å². The Morgan fingerprint density at radius 2 is 2.07 bits per heavy atom. The zero-order valence-corrected chi connectivity index (χ0v) is 18.4. The maximum atomic E-state index is 11.8. The third kappa shape index (κ3) is 6.13. The molecular weight excluding hydrogens is 398 g/mol. The molecule has 1 atom stereocenters. The van der Waals surface area contributed by atoms with Crippen molar-refractivity contribution in [3.63, 3.8) is 0 Å². The second kappa shape index (κ2) is 10.9. The number of rotatable bonds is 7. The zero-order valence-electron chi connectivity index (χ0n) is 17.6. The van der Waals surface area contributed by atoms with Crippen LogP contribution < -0.4 is 20.9 Å². The lowest BCUT2D eigenvalue weighted by Gasteiger charge is -2.20. The number of aliphatic imine (C=N–C) groups is 1.